The first kappa shape index (κ1) is 32.9. The van der Waals surface area contributed by atoms with Gasteiger partial charge in [0.2, 0.25) is 0 Å². The van der Waals surface area contributed by atoms with E-state index in [1.807, 2.05) is 47.3 Å². The average Bonchev–Trinajstić information content (AvgIpc) is 3.88. The molecule has 0 bridgehead atoms. The van der Waals surface area contributed by atoms with Crippen molar-refractivity contribution >= 4 is 11.0 Å². The Bertz CT molecular complexity index is 2550. The first-order valence-electron chi connectivity index (χ1n) is 18.3. The molecule has 0 saturated heterocycles. The van der Waals surface area contributed by atoms with Crippen LogP contribution in [0.2, 0.25) is 0 Å². The summed E-state index contributed by atoms with van der Waals surface area (Å²) in [5, 5.41) is 13.9. The molecule has 0 saturated carbocycles. The highest BCUT2D eigenvalue weighted by Crippen LogP contribution is 2.43. The zero-order valence-electron chi connectivity index (χ0n) is 29.9. The molecule has 0 aliphatic heterocycles. The van der Waals surface area contributed by atoms with Crippen LogP contribution >= 0.6 is 0 Å². The van der Waals surface area contributed by atoms with Crippen molar-refractivity contribution in [3.05, 3.63) is 210 Å². The molecule has 6 aromatic carbocycles. The highest BCUT2D eigenvalue weighted by molar-refractivity contribution is 5.82. The maximum atomic E-state index is 5.01. The van der Waals surface area contributed by atoms with Crippen molar-refractivity contribution in [2.75, 3.05) is 0 Å². The number of tetrazole rings is 1. The van der Waals surface area contributed by atoms with Crippen molar-refractivity contribution in [3.63, 3.8) is 0 Å². The number of pyridine rings is 1. The maximum Gasteiger partial charge on any atom is 0.184 e. The molecule has 0 unspecified atom stereocenters. The Morgan fingerprint density at radius 1 is 0.574 bits per heavy atom. The molecule has 0 atom stereocenters. The highest BCUT2D eigenvalue weighted by Gasteiger charge is 2.42. The molecule has 0 amide bonds. The molecule has 0 fully saturated rings. The molecule has 9 rings (SSSR count). The molecule has 0 N–H and O–H groups in total. The number of hydrogen-bond donors (Lipinski definition) is 0. The summed E-state index contributed by atoms with van der Waals surface area (Å²) in [6, 6.07) is 61.0. The number of aromatic nitrogens is 7. The van der Waals surface area contributed by atoms with Gasteiger partial charge in [0.1, 0.15) is 11.4 Å². The molecule has 7 nitrogen and oxygen atoms in total. The van der Waals surface area contributed by atoms with Crippen molar-refractivity contribution in [1.82, 2.24) is 34.7 Å². The van der Waals surface area contributed by atoms with Crippen LogP contribution in [0.1, 0.15) is 35.0 Å². The van der Waals surface area contributed by atoms with Crippen molar-refractivity contribution in [1.29, 1.82) is 0 Å². The van der Waals surface area contributed by atoms with Gasteiger partial charge in [-0.15, -0.1) is 5.10 Å². The summed E-state index contributed by atoms with van der Waals surface area (Å²) in [5.74, 6) is 1.71. The number of aryl methyl sites for hydroxylation is 1. The fourth-order valence-electron chi connectivity index (χ4n) is 7.67. The number of rotatable bonds is 10. The van der Waals surface area contributed by atoms with Crippen LogP contribution in [0.15, 0.2) is 182 Å². The first-order chi connectivity index (χ1) is 26.7. The summed E-state index contributed by atoms with van der Waals surface area (Å²) in [6.07, 6.45) is 2.78. The van der Waals surface area contributed by atoms with E-state index in [4.69, 9.17) is 20.3 Å². The van der Waals surface area contributed by atoms with E-state index in [1.54, 1.807) is 0 Å². The third-order valence-corrected chi connectivity index (χ3v) is 10.2. The fourth-order valence-corrected chi connectivity index (χ4v) is 7.67. The molecule has 3 aromatic heterocycles. The Morgan fingerprint density at radius 3 is 1.72 bits per heavy atom. The van der Waals surface area contributed by atoms with E-state index in [1.165, 1.54) is 5.56 Å². The van der Waals surface area contributed by atoms with E-state index in [9.17, 15) is 0 Å². The third kappa shape index (κ3) is 5.76. The van der Waals surface area contributed by atoms with Gasteiger partial charge in [0.25, 0.3) is 0 Å². The van der Waals surface area contributed by atoms with Gasteiger partial charge in [-0.1, -0.05) is 177 Å². The van der Waals surface area contributed by atoms with Crippen LogP contribution < -0.4 is 0 Å². The van der Waals surface area contributed by atoms with Crippen LogP contribution in [0, 0.1) is 0 Å². The van der Waals surface area contributed by atoms with Crippen LogP contribution in [-0.2, 0) is 18.5 Å². The standard InChI is InChI=1S/C47H37N7/c1-2-45-49-43-31-42(36-17-7-3-8-18-36)48-32-44(43)53(45)33-34-27-29-35(30-28-34)40-25-15-16-26-41(40)46-50-51-52-54(46)47(37-19-9-4-10-20-37,38-21-11-5-12-22-38)39-23-13-6-14-24-39/h3-32H,2,33H2,1H3. The lowest BCUT2D eigenvalue weighted by Gasteiger charge is -2.36. The van der Waals surface area contributed by atoms with Crippen LogP contribution in [-0.4, -0.2) is 34.7 Å². The van der Waals surface area contributed by atoms with E-state index >= 15 is 0 Å². The summed E-state index contributed by atoms with van der Waals surface area (Å²) >= 11 is 0. The number of nitrogens with zero attached hydrogens (tertiary/aromatic N) is 7. The average molecular weight is 700 g/mol. The summed E-state index contributed by atoms with van der Waals surface area (Å²) in [5.41, 5.74) is 10.6. The number of hydrogen-bond acceptors (Lipinski definition) is 5. The number of fused-ring (bicyclic) bond motifs is 1. The van der Waals surface area contributed by atoms with Crippen LogP contribution in [0.3, 0.4) is 0 Å². The molecule has 0 aliphatic rings. The zero-order chi connectivity index (χ0) is 36.3. The molecule has 54 heavy (non-hydrogen) atoms. The normalized spacial score (nSPS) is 11.6. The highest BCUT2D eigenvalue weighted by atomic mass is 15.6. The Labute approximate surface area is 314 Å². The second kappa shape index (κ2) is 14.2. The van der Waals surface area contributed by atoms with Crippen molar-refractivity contribution in [2.45, 2.75) is 25.4 Å². The van der Waals surface area contributed by atoms with Gasteiger partial charge in [-0.2, -0.15) is 0 Å². The van der Waals surface area contributed by atoms with Gasteiger partial charge in [0.15, 0.2) is 5.82 Å². The van der Waals surface area contributed by atoms with Gasteiger partial charge in [-0.3, -0.25) is 4.98 Å². The molecule has 0 spiro atoms. The Morgan fingerprint density at radius 2 is 1.13 bits per heavy atom. The Balaban J connectivity index is 1.11. The van der Waals surface area contributed by atoms with E-state index in [0.29, 0.717) is 12.4 Å². The Hall–Kier alpha value is -6.99. The minimum absolute atomic E-state index is 0.672. The molecular weight excluding hydrogens is 663 g/mol. The van der Waals surface area contributed by atoms with E-state index in [2.05, 4.69) is 156 Å². The summed E-state index contributed by atoms with van der Waals surface area (Å²) in [6.45, 7) is 2.85. The first-order valence-corrected chi connectivity index (χ1v) is 18.3. The lowest BCUT2D eigenvalue weighted by atomic mass is 9.77. The quantitative estimate of drug-likeness (QED) is 0.133. The van der Waals surface area contributed by atoms with Gasteiger partial charge < -0.3 is 4.57 Å². The van der Waals surface area contributed by atoms with E-state index in [-0.39, 0.29) is 0 Å². The monoisotopic (exact) mass is 699 g/mol. The van der Waals surface area contributed by atoms with Crippen LogP contribution in [0.25, 0.3) is 44.8 Å². The lowest BCUT2D eigenvalue weighted by Crippen LogP contribution is -2.39. The molecule has 7 heteroatoms. The molecule has 9 aromatic rings. The van der Waals surface area contributed by atoms with Crippen molar-refractivity contribution in [2.24, 2.45) is 0 Å². The second-order valence-electron chi connectivity index (χ2n) is 13.4. The SMILES string of the molecule is CCc1nc2cc(-c3ccccc3)ncc2n1Cc1ccc(-c2ccccc2-c2nnnn2C(c2ccccc2)(c2ccccc2)c2ccccc2)cc1. The minimum atomic E-state index is -0.846. The summed E-state index contributed by atoms with van der Waals surface area (Å²) in [4.78, 5) is 9.83. The topological polar surface area (TPSA) is 74.3 Å². The fraction of sp³-hybridized carbons (Fsp3) is 0.0851. The summed E-state index contributed by atoms with van der Waals surface area (Å²) < 4.78 is 4.28. The summed E-state index contributed by atoms with van der Waals surface area (Å²) in [7, 11) is 0. The van der Waals surface area contributed by atoms with Gasteiger partial charge in [-0.25, -0.2) is 9.67 Å². The van der Waals surface area contributed by atoms with Gasteiger partial charge in [-0.05, 0) is 49.9 Å². The predicted octanol–water partition coefficient (Wildman–Crippen LogP) is 9.87. The Kier molecular flexibility index (Phi) is 8.65. The van der Waals surface area contributed by atoms with Crippen LogP contribution in [0.5, 0.6) is 0 Å². The molecular formula is C47H37N7. The maximum absolute atomic E-state index is 5.01. The van der Waals surface area contributed by atoms with Gasteiger partial charge in [0, 0.05) is 24.1 Å². The van der Waals surface area contributed by atoms with E-state index in [0.717, 1.165) is 67.9 Å². The predicted molar refractivity (Wildman–Crippen MR) is 215 cm³/mol. The van der Waals surface area contributed by atoms with Gasteiger partial charge in [0.05, 0.1) is 22.9 Å². The van der Waals surface area contributed by atoms with Crippen molar-refractivity contribution in [3.8, 4) is 33.8 Å². The lowest BCUT2D eigenvalue weighted by molar-refractivity contribution is 0.451. The molecule has 260 valence electrons. The minimum Gasteiger partial charge on any atom is -0.322 e. The van der Waals surface area contributed by atoms with Gasteiger partial charge >= 0.3 is 0 Å². The van der Waals surface area contributed by atoms with E-state index < -0.39 is 5.54 Å². The molecule has 0 radical (unpaired) electrons. The zero-order valence-corrected chi connectivity index (χ0v) is 29.9. The smallest absolute Gasteiger partial charge is 0.184 e. The molecule has 3 heterocycles. The number of imidazole rings is 1. The van der Waals surface area contributed by atoms with Crippen LogP contribution in [0.4, 0.5) is 0 Å². The number of benzene rings is 6. The molecule has 0 aliphatic carbocycles. The van der Waals surface area contributed by atoms with Crippen molar-refractivity contribution < 1.29 is 0 Å². The largest absolute Gasteiger partial charge is 0.322 e. The second-order valence-corrected chi connectivity index (χ2v) is 13.4. The third-order valence-electron chi connectivity index (χ3n) is 10.2.